The second-order valence-electron chi connectivity index (χ2n) is 5.54. The minimum atomic E-state index is -0.113. The van der Waals surface area contributed by atoms with Crippen LogP contribution in [0, 0.1) is 0 Å². The van der Waals surface area contributed by atoms with Gasteiger partial charge in [-0.2, -0.15) is 0 Å². The largest absolute Gasteiger partial charge is 0.497 e. The Labute approximate surface area is 102 Å². The first-order valence-corrected chi connectivity index (χ1v) is 5.94. The van der Waals surface area contributed by atoms with Gasteiger partial charge in [0, 0.05) is 17.5 Å². The topological polar surface area (TPSA) is 38.7 Å². The molecule has 0 fully saturated rings. The van der Waals surface area contributed by atoms with E-state index in [-0.39, 0.29) is 18.1 Å². The molecule has 1 atom stereocenters. The predicted molar refractivity (Wildman–Crippen MR) is 66.9 cm³/mol. The highest BCUT2D eigenvalue weighted by Gasteiger charge is 2.30. The molecular formula is C14H20O3. The Morgan fingerprint density at radius 1 is 1.41 bits per heavy atom. The average molecular weight is 236 g/mol. The van der Waals surface area contributed by atoms with Crippen LogP contribution in [0.4, 0.5) is 0 Å². The SMILES string of the molecule is COc1cc2c(c(C(C)(C)C)c1)O[C@H](CO)C2. The Balaban J connectivity index is 2.50. The van der Waals surface area contributed by atoms with E-state index in [2.05, 4.69) is 20.8 Å². The van der Waals surface area contributed by atoms with Gasteiger partial charge in [-0.3, -0.25) is 0 Å². The fourth-order valence-corrected chi connectivity index (χ4v) is 2.18. The van der Waals surface area contributed by atoms with Gasteiger partial charge in [0.15, 0.2) is 0 Å². The third kappa shape index (κ3) is 2.25. The minimum absolute atomic E-state index is 0.00295. The quantitative estimate of drug-likeness (QED) is 0.856. The van der Waals surface area contributed by atoms with Crippen LogP contribution in [0.5, 0.6) is 11.5 Å². The van der Waals surface area contributed by atoms with Crippen molar-refractivity contribution in [1.29, 1.82) is 0 Å². The monoisotopic (exact) mass is 236 g/mol. The number of hydrogen-bond donors (Lipinski definition) is 1. The third-order valence-electron chi connectivity index (χ3n) is 3.12. The Morgan fingerprint density at radius 2 is 2.12 bits per heavy atom. The molecular weight excluding hydrogens is 216 g/mol. The molecule has 1 aliphatic heterocycles. The molecule has 1 N–H and O–H groups in total. The van der Waals surface area contributed by atoms with Crippen molar-refractivity contribution >= 4 is 0 Å². The number of benzene rings is 1. The first-order chi connectivity index (χ1) is 7.95. The first kappa shape index (κ1) is 12.2. The second-order valence-corrected chi connectivity index (χ2v) is 5.54. The van der Waals surface area contributed by atoms with Gasteiger partial charge >= 0.3 is 0 Å². The van der Waals surface area contributed by atoms with E-state index >= 15 is 0 Å². The van der Waals surface area contributed by atoms with Crippen molar-refractivity contribution in [3.63, 3.8) is 0 Å². The van der Waals surface area contributed by atoms with E-state index in [1.54, 1.807) is 7.11 Å². The molecule has 17 heavy (non-hydrogen) atoms. The van der Waals surface area contributed by atoms with Crippen LogP contribution in [0.25, 0.3) is 0 Å². The maximum atomic E-state index is 9.20. The number of aliphatic hydroxyl groups excluding tert-OH is 1. The lowest BCUT2D eigenvalue weighted by molar-refractivity contribution is 0.133. The summed E-state index contributed by atoms with van der Waals surface area (Å²) in [6, 6.07) is 4.03. The molecule has 0 spiro atoms. The van der Waals surface area contributed by atoms with Crippen LogP contribution in [0.2, 0.25) is 0 Å². The summed E-state index contributed by atoms with van der Waals surface area (Å²) in [5, 5.41) is 9.20. The van der Waals surface area contributed by atoms with Crippen molar-refractivity contribution in [3.8, 4) is 11.5 Å². The third-order valence-corrected chi connectivity index (χ3v) is 3.12. The average Bonchev–Trinajstić information content (AvgIpc) is 2.68. The van der Waals surface area contributed by atoms with E-state index in [0.717, 1.165) is 29.0 Å². The lowest BCUT2D eigenvalue weighted by atomic mass is 9.85. The fraction of sp³-hybridized carbons (Fsp3) is 0.571. The lowest BCUT2D eigenvalue weighted by Crippen LogP contribution is -2.19. The zero-order valence-electron chi connectivity index (χ0n) is 10.9. The summed E-state index contributed by atoms with van der Waals surface area (Å²) in [4.78, 5) is 0. The molecule has 2 rings (SSSR count). The van der Waals surface area contributed by atoms with E-state index < -0.39 is 0 Å². The summed E-state index contributed by atoms with van der Waals surface area (Å²) in [6.45, 7) is 6.51. The minimum Gasteiger partial charge on any atom is -0.497 e. The molecule has 3 nitrogen and oxygen atoms in total. The Morgan fingerprint density at radius 3 is 2.65 bits per heavy atom. The maximum absolute atomic E-state index is 9.20. The van der Waals surface area contributed by atoms with Gasteiger partial charge in [-0.05, 0) is 17.5 Å². The molecule has 0 saturated carbocycles. The van der Waals surface area contributed by atoms with Gasteiger partial charge in [-0.1, -0.05) is 20.8 Å². The Hall–Kier alpha value is -1.22. The highest BCUT2D eigenvalue weighted by molar-refractivity contribution is 5.52. The molecule has 0 radical (unpaired) electrons. The Bertz CT molecular complexity index is 418. The van der Waals surface area contributed by atoms with Gasteiger partial charge in [-0.25, -0.2) is 0 Å². The normalized spacial score (nSPS) is 18.8. The Kier molecular flexibility index (Phi) is 3.04. The summed E-state index contributed by atoms with van der Waals surface area (Å²) < 4.78 is 11.1. The van der Waals surface area contributed by atoms with Gasteiger partial charge in [0.2, 0.25) is 0 Å². The highest BCUT2D eigenvalue weighted by atomic mass is 16.5. The van der Waals surface area contributed by atoms with Crippen LogP contribution in [0.15, 0.2) is 12.1 Å². The molecule has 0 amide bonds. The maximum Gasteiger partial charge on any atom is 0.127 e. The molecule has 0 aliphatic carbocycles. The van der Waals surface area contributed by atoms with Crippen molar-refractivity contribution in [3.05, 3.63) is 23.3 Å². The van der Waals surface area contributed by atoms with Gasteiger partial charge in [0.25, 0.3) is 0 Å². The van der Waals surface area contributed by atoms with Gasteiger partial charge in [0.05, 0.1) is 13.7 Å². The van der Waals surface area contributed by atoms with Crippen LogP contribution >= 0.6 is 0 Å². The van der Waals surface area contributed by atoms with Crippen molar-refractivity contribution in [1.82, 2.24) is 0 Å². The van der Waals surface area contributed by atoms with Gasteiger partial charge in [-0.15, -0.1) is 0 Å². The zero-order chi connectivity index (χ0) is 12.6. The molecule has 1 aromatic carbocycles. The van der Waals surface area contributed by atoms with Crippen molar-refractivity contribution < 1.29 is 14.6 Å². The number of rotatable bonds is 2. The lowest BCUT2D eigenvalue weighted by Gasteiger charge is -2.23. The van der Waals surface area contributed by atoms with Crippen LogP contribution < -0.4 is 9.47 Å². The molecule has 3 heteroatoms. The smallest absolute Gasteiger partial charge is 0.127 e. The molecule has 0 unspecified atom stereocenters. The first-order valence-electron chi connectivity index (χ1n) is 5.94. The molecule has 0 bridgehead atoms. The summed E-state index contributed by atoms with van der Waals surface area (Å²) in [7, 11) is 1.67. The number of aliphatic hydroxyl groups is 1. The number of fused-ring (bicyclic) bond motifs is 1. The summed E-state index contributed by atoms with van der Waals surface area (Å²) in [5.41, 5.74) is 2.28. The van der Waals surface area contributed by atoms with Crippen molar-refractivity contribution in [2.75, 3.05) is 13.7 Å². The zero-order valence-corrected chi connectivity index (χ0v) is 10.9. The van der Waals surface area contributed by atoms with Crippen LogP contribution in [-0.2, 0) is 11.8 Å². The molecule has 0 saturated heterocycles. The highest BCUT2D eigenvalue weighted by Crippen LogP contribution is 2.41. The number of hydrogen-bond acceptors (Lipinski definition) is 3. The molecule has 0 aromatic heterocycles. The van der Waals surface area contributed by atoms with Crippen LogP contribution in [0.1, 0.15) is 31.9 Å². The summed E-state index contributed by atoms with van der Waals surface area (Å²) in [6.07, 6.45) is 0.643. The van der Waals surface area contributed by atoms with Crippen molar-refractivity contribution in [2.24, 2.45) is 0 Å². The fourth-order valence-electron chi connectivity index (χ4n) is 2.18. The van der Waals surface area contributed by atoms with Gasteiger partial charge < -0.3 is 14.6 Å². The van der Waals surface area contributed by atoms with E-state index in [4.69, 9.17) is 9.47 Å². The van der Waals surface area contributed by atoms with E-state index in [9.17, 15) is 5.11 Å². The molecule has 94 valence electrons. The summed E-state index contributed by atoms with van der Waals surface area (Å²) >= 11 is 0. The van der Waals surface area contributed by atoms with Crippen LogP contribution in [0.3, 0.4) is 0 Å². The predicted octanol–water partition coefficient (Wildman–Crippen LogP) is 2.29. The van der Waals surface area contributed by atoms with E-state index in [0.29, 0.717) is 0 Å². The van der Waals surface area contributed by atoms with E-state index in [1.807, 2.05) is 12.1 Å². The molecule has 1 aliphatic rings. The standard InChI is InChI=1S/C14H20O3/c1-14(2,3)12-7-10(16-4)5-9-6-11(8-15)17-13(9)12/h5,7,11,15H,6,8H2,1-4H3/t11-/m0/s1. The second kappa shape index (κ2) is 4.22. The van der Waals surface area contributed by atoms with Crippen molar-refractivity contribution in [2.45, 2.75) is 38.7 Å². The van der Waals surface area contributed by atoms with Crippen LogP contribution in [-0.4, -0.2) is 24.9 Å². The van der Waals surface area contributed by atoms with E-state index in [1.165, 1.54) is 0 Å². The summed E-state index contributed by atoms with van der Waals surface area (Å²) in [5.74, 6) is 1.79. The molecule has 1 aromatic rings. The number of methoxy groups -OCH3 is 1. The van der Waals surface area contributed by atoms with Gasteiger partial charge in [0.1, 0.15) is 17.6 Å². The number of ether oxygens (including phenoxy) is 2. The molecule has 1 heterocycles.